The van der Waals surface area contributed by atoms with E-state index in [4.69, 9.17) is 18.9 Å². The van der Waals surface area contributed by atoms with Crippen molar-refractivity contribution >= 4 is 22.1 Å². The van der Waals surface area contributed by atoms with Crippen LogP contribution < -0.4 is 0 Å². The van der Waals surface area contributed by atoms with E-state index in [1.54, 1.807) is 0 Å². The van der Waals surface area contributed by atoms with Gasteiger partial charge in [-0.3, -0.25) is 14.1 Å². The molecule has 4 N–H and O–H groups in total. The summed E-state index contributed by atoms with van der Waals surface area (Å²) in [6, 6.07) is 0. The summed E-state index contributed by atoms with van der Waals surface area (Å²) in [5, 5.41) is 30.6. The quantitative estimate of drug-likeness (QED) is 0.0401. The second-order valence-electron chi connectivity index (χ2n) is 13.3. The molecule has 0 aromatic carbocycles. The molecule has 13 heteroatoms. The minimum Gasteiger partial charge on any atom is -0.462 e. The number of aliphatic hydroxyl groups excluding tert-OH is 3. The van der Waals surface area contributed by atoms with Crippen molar-refractivity contribution in [3.8, 4) is 0 Å². The van der Waals surface area contributed by atoms with E-state index in [-0.39, 0.29) is 19.4 Å². The molecule has 6 atom stereocenters. The number of hydrogen-bond acceptors (Lipinski definition) is 11. The van der Waals surface area contributed by atoms with Crippen molar-refractivity contribution in [2.24, 2.45) is 0 Å². The molecule has 0 unspecified atom stereocenters. The van der Waals surface area contributed by atoms with Crippen LogP contribution in [0.1, 0.15) is 155 Å². The molecular weight excluding hydrogens is 644 g/mol. The zero-order chi connectivity index (χ0) is 35.6. The average Bonchev–Trinajstić information content (AvgIpc) is 3.04. The highest BCUT2D eigenvalue weighted by Crippen LogP contribution is 2.24. The summed E-state index contributed by atoms with van der Waals surface area (Å²) in [6.45, 7) is 3.68. The van der Waals surface area contributed by atoms with Crippen LogP contribution in [0.3, 0.4) is 0 Å². The van der Waals surface area contributed by atoms with Crippen molar-refractivity contribution in [3.63, 3.8) is 0 Å². The van der Waals surface area contributed by atoms with Gasteiger partial charge >= 0.3 is 11.9 Å². The lowest BCUT2D eigenvalue weighted by atomic mass is 10.00. The van der Waals surface area contributed by atoms with Gasteiger partial charge in [-0.05, 0) is 12.8 Å². The van der Waals surface area contributed by atoms with Crippen molar-refractivity contribution in [2.75, 3.05) is 19.0 Å². The molecule has 1 aliphatic rings. The lowest BCUT2D eigenvalue weighted by Crippen LogP contribution is -2.60. The average molecular weight is 711 g/mol. The van der Waals surface area contributed by atoms with Crippen molar-refractivity contribution in [2.45, 2.75) is 192 Å². The highest BCUT2D eigenvalue weighted by Gasteiger charge is 2.46. The predicted molar refractivity (Wildman–Crippen MR) is 183 cm³/mol. The first-order valence-corrected chi connectivity index (χ1v) is 20.2. The third-order valence-electron chi connectivity index (χ3n) is 8.69. The van der Waals surface area contributed by atoms with Crippen LogP contribution in [0.4, 0.5) is 0 Å². The Morgan fingerprint density at radius 3 is 1.52 bits per heavy atom. The normalized spacial score (nSPS) is 22.0. The number of hydrogen-bond donors (Lipinski definition) is 4. The van der Waals surface area contributed by atoms with Gasteiger partial charge in [-0.2, -0.15) is 8.42 Å². The molecular formula is C35H66O12S. The zero-order valence-corrected chi connectivity index (χ0v) is 30.4. The second kappa shape index (κ2) is 27.4. The van der Waals surface area contributed by atoms with E-state index in [9.17, 15) is 37.9 Å². The number of rotatable bonds is 30. The Labute approximate surface area is 289 Å². The molecule has 1 fully saturated rings. The highest BCUT2D eigenvalue weighted by atomic mass is 32.2. The highest BCUT2D eigenvalue weighted by molar-refractivity contribution is 7.85. The Balaban J connectivity index is 2.52. The van der Waals surface area contributed by atoms with Crippen LogP contribution in [0, 0.1) is 0 Å². The predicted octanol–water partition coefficient (Wildman–Crippen LogP) is 5.78. The molecule has 1 heterocycles. The Hall–Kier alpha value is -1.35. The van der Waals surface area contributed by atoms with Crippen LogP contribution in [0.5, 0.6) is 0 Å². The summed E-state index contributed by atoms with van der Waals surface area (Å²) in [6.07, 6.45) is 13.3. The first-order valence-electron chi connectivity index (χ1n) is 18.6. The van der Waals surface area contributed by atoms with Crippen LogP contribution >= 0.6 is 0 Å². The summed E-state index contributed by atoms with van der Waals surface area (Å²) < 4.78 is 53.6. The van der Waals surface area contributed by atoms with Crippen LogP contribution in [0.15, 0.2) is 0 Å². The maximum atomic E-state index is 12.7. The topological polar surface area (TPSA) is 186 Å². The van der Waals surface area contributed by atoms with Gasteiger partial charge in [-0.1, -0.05) is 129 Å². The van der Waals surface area contributed by atoms with Gasteiger partial charge in [0.15, 0.2) is 12.4 Å². The molecule has 1 saturated heterocycles. The van der Waals surface area contributed by atoms with Crippen LogP contribution in [-0.2, 0) is 38.7 Å². The van der Waals surface area contributed by atoms with Gasteiger partial charge in [-0.15, -0.1) is 0 Å². The fourth-order valence-corrected chi connectivity index (χ4v) is 6.43. The first kappa shape index (κ1) is 44.7. The van der Waals surface area contributed by atoms with Crippen LogP contribution in [0.2, 0.25) is 0 Å². The van der Waals surface area contributed by atoms with Crippen LogP contribution in [0.25, 0.3) is 0 Å². The monoisotopic (exact) mass is 710 g/mol. The van der Waals surface area contributed by atoms with Crippen molar-refractivity contribution in [3.05, 3.63) is 0 Å². The fraction of sp³-hybridized carbons (Fsp3) is 0.943. The third kappa shape index (κ3) is 22.4. The minimum atomic E-state index is -4.59. The SMILES string of the molecule is CCCCCCCCCCCCCCCC(=O)O[C@H](COC(=O)CCCCCCCCC)CO[C@@H]1O[C@H](CS(=O)(=O)O)[C@@H](O)[C@H](O)[C@H]1O. The van der Waals surface area contributed by atoms with E-state index in [0.29, 0.717) is 12.8 Å². The Morgan fingerprint density at radius 1 is 0.625 bits per heavy atom. The largest absolute Gasteiger partial charge is 0.462 e. The standard InChI is InChI=1S/C35H66O12S/c1-3-5-7-9-11-12-13-14-15-16-18-20-22-24-31(37)46-28(25-44-30(36)23-21-19-17-10-8-6-4-2)26-45-35-34(40)33(39)32(38)29(47-35)27-48(41,42)43/h28-29,32-35,38-40H,3-27H2,1-2H3,(H,41,42,43)/t28-,29-,32-,33+,34-,35-/m1/s1. The molecule has 0 radical (unpaired) electrons. The summed E-state index contributed by atoms with van der Waals surface area (Å²) in [7, 11) is -4.59. The maximum Gasteiger partial charge on any atom is 0.306 e. The van der Waals surface area contributed by atoms with E-state index in [1.165, 1.54) is 77.0 Å². The molecule has 1 rings (SSSR count). The van der Waals surface area contributed by atoms with Crippen molar-refractivity contribution < 1.29 is 56.8 Å². The molecule has 0 aromatic heterocycles. The van der Waals surface area contributed by atoms with Gasteiger partial charge in [0.05, 0.1) is 6.61 Å². The van der Waals surface area contributed by atoms with Gasteiger partial charge < -0.3 is 34.3 Å². The number of carbonyl (C=O) groups is 2. The number of carbonyl (C=O) groups excluding carboxylic acids is 2. The summed E-state index contributed by atoms with van der Waals surface area (Å²) in [5.41, 5.74) is 0. The molecule has 0 bridgehead atoms. The van der Waals surface area contributed by atoms with Gasteiger partial charge in [0, 0.05) is 12.8 Å². The summed E-state index contributed by atoms with van der Waals surface area (Å²) in [4.78, 5) is 25.1. The van der Waals surface area contributed by atoms with E-state index in [0.717, 1.165) is 38.5 Å². The molecule has 0 amide bonds. The number of aliphatic hydroxyl groups is 3. The molecule has 0 saturated carbocycles. The van der Waals surface area contributed by atoms with E-state index < -0.39 is 71.2 Å². The van der Waals surface area contributed by atoms with Gasteiger partial charge in [-0.25, -0.2) is 0 Å². The molecule has 284 valence electrons. The summed E-state index contributed by atoms with van der Waals surface area (Å²) >= 11 is 0. The molecule has 0 aliphatic carbocycles. The molecule has 1 aliphatic heterocycles. The van der Waals surface area contributed by atoms with E-state index in [1.807, 2.05) is 0 Å². The fourth-order valence-electron chi connectivity index (χ4n) is 5.73. The molecule has 0 spiro atoms. The lowest BCUT2D eigenvalue weighted by Gasteiger charge is -2.40. The van der Waals surface area contributed by atoms with Gasteiger partial charge in [0.25, 0.3) is 10.1 Å². The van der Waals surface area contributed by atoms with E-state index in [2.05, 4.69) is 13.8 Å². The maximum absolute atomic E-state index is 12.7. The first-order chi connectivity index (χ1) is 23.0. The number of esters is 2. The molecule has 0 aromatic rings. The van der Waals surface area contributed by atoms with Gasteiger partial charge in [0.2, 0.25) is 0 Å². The van der Waals surface area contributed by atoms with Crippen molar-refractivity contribution in [1.82, 2.24) is 0 Å². The van der Waals surface area contributed by atoms with Crippen molar-refractivity contribution in [1.29, 1.82) is 0 Å². The van der Waals surface area contributed by atoms with Crippen LogP contribution in [-0.4, -0.2) is 96.0 Å². The molecule has 48 heavy (non-hydrogen) atoms. The summed E-state index contributed by atoms with van der Waals surface area (Å²) in [5.74, 6) is -1.98. The lowest BCUT2D eigenvalue weighted by molar-refractivity contribution is -0.297. The second-order valence-corrected chi connectivity index (χ2v) is 14.8. The Morgan fingerprint density at radius 2 is 1.06 bits per heavy atom. The number of unbranched alkanes of at least 4 members (excludes halogenated alkanes) is 18. The zero-order valence-electron chi connectivity index (χ0n) is 29.6. The Kier molecular flexibility index (Phi) is 25.5. The Bertz CT molecular complexity index is 931. The minimum absolute atomic E-state index is 0.171. The van der Waals surface area contributed by atoms with E-state index >= 15 is 0 Å². The smallest absolute Gasteiger partial charge is 0.306 e. The molecule has 12 nitrogen and oxygen atoms in total. The number of ether oxygens (including phenoxy) is 4. The third-order valence-corrected chi connectivity index (χ3v) is 9.44. The van der Waals surface area contributed by atoms with Gasteiger partial charge in [0.1, 0.15) is 36.8 Å².